The topological polar surface area (TPSA) is 29.3 Å². The molecule has 1 aliphatic rings. The largest absolute Gasteiger partial charge is 0.325 e. The van der Waals surface area contributed by atoms with E-state index in [0.717, 1.165) is 12.5 Å². The molecule has 0 saturated carbocycles. The number of nitrogens with two attached hydrogens (primary N) is 1. The summed E-state index contributed by atoms with van der Waals surface area (Å²) in [6, 6.07) is 1.02. The predicted octanol–water partition coefficient (Wildman–Crippen LogP) is 1.37. The molecule has 1 heterocycles. The summed E-state index contributed by atoms with van der Waals surface area (Å²) in [4.78, 5) is 2.51. The molecule has 0 aromatic carbocycles. The van der Waals surface area contributed by atoms with Crippen molar-refractivity contribution in [3.05, 3.63) is 12.2 Å². The van der Waals surface area contributed by atoms with E-state index in [4.69, 9.17) is 5.73 Å². The monoisotopic (exact) mass is 168 g/mol. The van der Waals surface area contributed by atoms with Crippen LogP contribution in [0.25, 0.3) is 0 Å². The summed E-state index contributed by atoms with van der Waals surface area (Å²) >= 11 is 0. The maximum absolute atomic E-state index is 5.58. The molecule has 0 aromatic heterocycles. The van der Waals surface area contributed by atoms with E-state index in [-0.39, 0.29) is 6.04 Å². The third-order valence-electron chi connectivity index (χ3n) is 2.48. The first-order chi connectivity index (χ1) is 5.70. The molecule has 0 radical (unpaired) electrons. The molecule has 70 valence electrons. The van der Waals surface area contributed by atoms with E-state index < -0.39 is 0 Å². The van der Waals surface area contributed by atoms with Crippen LogP contribution in [0.3, 0.4) is 0 Å². The molecule has 12 heavy (non-hydrogen) atoms. The van der Waals surface area contributed by atoms with Gasteiger partial charge in [0.05, 0.1) is 0 Å². The van der Waals surface area contributed by atoms with Crippen LogP contribution in [0, 0.1) is 0 Å². The van der Waals surface area contributed by atoms with Gasteiger partial charge in [-0.3, -0.25) is 0 Å². The first-order valence-corrected chi connectivity index (χ1v) is 4.86. The SMILES string of the molecule is CC(N)/C=C/CCN1CC[C@H]1C. The van der Waals surface area contributed by atoms with Gasteiger partial charge >= 0.3 is 0 Å². The lowest BCUT2D eigenvalue weighted by atomic mass is 10.1. The lowest BCUT2D eigenvalue weighted by molar-refractivity contribution is 0.107. The van der Waals surface area contributed by atoms with Gasteiger partial charge in [-0.15, -0.1) is 0 Å². The Morgan fingerprint density at radius 1 is 1.67 bits per heavy atom. The van der Waals surface area contributed by atoms with Crippen LogP contribution in [0.15, 0.2) is 12.2 Å². The minimum absolute atomic E-state index is 0.207. The second-order valence-electron chi connectivity index (χ2n) is 3.75. The summed E-state index contributed by atoms with van der Waals surface area (Å²) in [6.45, 7) is 6.78. The van der Waals surface area contributed by atoms with Crippen LogP contribution in [-0.4, -0.2) is 30.1 Å². The van der Waals surface area contributed by atoms with Crippen LogP contribution in [-0.2, 0) is 0 Å². The zero-order valence-electron chi connectivity index (χ0n) is 8.16. The van der Waals surface area contributed by atoms with Crippen molar-refractivity contribution in [1.29, 1.82) is 0 Å². The van der Waals surface area contributed by atoms with Crippen molar-refractivity contribution in [2.75, 3.05) is 13.1 Å². The molecule has 2 heteroatoms. The van der Waals surface area contributed by atoms with Crippen molar-refractivity contribution in [3.63, 3.8) is 0 Å². The average Bonchev–Trinajstić information content (AvgIpc) is 2.01. The molecule has 2 atom stereocenters. The van der Waals surface area contributed by atoms with Crippen molar-refractivity contribution in [1.82, 2.24) is 4.90 Å². The fraction of sp³-hybridized carbons (Fsp3) is 0.800. The second kappa shape index (κ2) is 4.63. The van der Waals surface area contributed by atoms with Gasteiger partial charge in [0.2, 0.25) is 0 Å². The number of hydrogen-bond donors (Lipinski definition) is 1. The third-order valence-corrected chi connectivity index (χ3v) is 2.48. The fourth-order valence-corrected chi connectivity index (χ4v) is 1.45. The number of hydrogen-bond acceptors (Lipinski definition) is 2. The Morgan fingerprint density at radius 3 is 2.83 bits per heavy atom. The van der Waals surface area contributed by atoms with Crippen LogP contribution in [0.5, 0.6) is 0 Å². The van der Waals surface area contributed by atoms with Gasteiger partial charge in [0, 0.05) is 18.6 Å². The smallest absolute Gasteiger partial charge is 0.0194 e. The molecule has 0 amide bonds. The molecule has 0 aliphatic carbocycles. The molecule has 1 aliphatic heterocycles. The van der Waals surface area contributed by atoms with E-state index >= 15 is 0 Å². The van der Waals surface area contributed by atoms with Crippen molar-refractivity contribution < 1.29 is 0 Å². The number of rotatable bonds is 4. The highest BCUT2D eigenvalue weighted by Gasteiger charge is 2.21. The first-order valence-electron chi connectivity index (χ1n) is 4.86. The second-order valence-corrected chi connectivity index (χ2v) is 3.75. The zero-order chi connectivity index (χ0) is 8.97. The molecule has 0 aromatic rings. The molecular weight excluding hydrogens is 148 g/mol. The first kappa shape index (κ1) is 9.75. The molecular formula is C10H20N2. The summed E-state index contributed by atoms with van der Waals surface area (Å²) in [5.41, 5.74) is 5.58. The van der Waals surface area contributed by atoms with Crippen molar-refractivity contribution in [2.45, 2.75) is 38.8 Å². The van der Waals surface area contributed by atoms with Crippen LogP contribution in [0.1, 0.15) is 26.7 Å². The van der Waals surface area contributed by atoms with Gasteiger partial charge < -0.3 is 10.6 Å². The maximum Gasteiger partial charge on any atom is 0.0194 e. The number of likely N-dealkylation sites (tertiary alicyclic amines) is 1. The predicted molar refractivity (Wildman–Crippen MR) is 53.1 cm³/mol. The van der Waals surface area contributed by atoms with E-state index in [1.54, 1.807) is 0 Å². The number of nitrogens with zero attached hydrogens (tertiary/aromatic N) is 1. The highest BCUT2D eigenvalue weighted by molar-refractivity contribution is 4.90. The molecule has 2 nitrogen and oxygen atoms in total. The van der Waals surface area contributed by atoms with Gasteiger partial charge in [-0.25, -0.2) is 0 Å². The maximum atomic E-state index is 5.58. The standard InChI is InChI=1S/C10H20N2/c1-9(11)5-3-4-7-12-8-6-10(12)2/h3,5,9-10H,4,6-8,11H2,1-2H3/b5-3+/t9?,10-/m1/s1. The van der Waals surface area contributed by atoms with E-state index in [9.17, 15) is 0 Å². The van der Waals surface area contributed by atoms with Crippen molar-refractivity contribution in [2.24, 2.45) is 5.73 Å². The average molecular weight is 168 g/mol. The minimum atomic E-state index is 0.207. The Hall–Kier alpha value is -0.340. The minimum Gasteiger partial charge on any atom is -0.325 e. The summed E-state index contributed by atoms with van der Waals surface area (Å²) in [5.74, 6) is 0. The highest BCUT2D eigenvalue weighted by Crippen LogP contribution is 2.15. The van der Waals surface area contributed by atoms with Gasteiger partial charge in [-0.05, 0) is 33.2 Å². The molecule has 1 fully saturated rings. The molecule has 0 bridgehead atoms. The lowest BCUT2D eigenvalue weighted by Crippen LogP contribution is -2.45. The van der Waals surface area contributed by atoms with E-state index in [1.807, 2.05) is 6.92 Å². The third kappa shape index (κ3) is 2.95. The Balaban J connectivity index is 2.02. The van der Waals surface area contributed by atoms with Crippen LogP contribution in [0.2, 0.25) is 0 Å². The van der Waals surface area contributed by atoms with Gasteiger partial charge in [0.1, 0.15) is 0 Å². The molecule has 1 unspecified atom stereocenters. The van der Waals surface area contributed by atoms with Gasteiger partial charge in [0.15, 0.2) is 0 Å². The van der Waals surface area contributed by atoms with Gasteiger partial charge in [-0.1, -0.05) is 12.2 Å². The van der Waals surface area contributed by atoms with E-state index in [2.05, 4.69) is 24.0 Å². The Morgan fingerprint density at radius 2 is 2.42 bits per heavy atom. The van der Waals surface area contributed by atoms with E-state index in [0.29, 0.717) is 0 Å². The molecule has 0 spiro atoms. The normalized spacial score (nSPS) is 27.4. The van der Waals surface area contributed by atoms with Gasteiger partial charge in [0.25, 0.3) is 0 Å². The highest BCUT2D eigenvalue weighted by atomic mass is 15.2. The van der Waals surface area contributed by atoms with E-state index in [1.165, 1.54) is 19.5 Å². The van der Waals surface area contributed by atoms with Crippen LogP contribution < -0.4 is 5.73 Å². The van der Waals surface area contributed by atoms with Gasteiger partial charge in [-0.2, -0.15) is 0 Å². The fourth-order valence-electron chi connectivity index (χ4n) is 1.45. The summed E-state index contributed by atoms with van der Waals surface area (Å²) in [6.07, 6.45) is 6.78. The lowest BCUT2D eigenvalue weighted by Gasteiger charge is -2.38. The van der Waals surface area contributed by atoms with Crippen molar-refractivity contribution >= 4 is 0 Å². The Labute approximate surface area is 75.4 Å². The summed E-state index contributed by atoms with van der Waals surface area (Å²) in [7, 11) is 0. The quantitative estimate of drug-likeness (QED) is 0.642. The van der Waals surface area contributed by atoms with Crippen LogP contribution in [0.4, 0.5) is 0 Å². The van der Waals surface area contributed by atoms with Crippen LogP contribution >= 0.6 is 0 Å². The molecule has 1 rings (SSSR count). The Kier molecular flexibility index (Phi) is 3.76. The van der Waals surface area contributed by atoms with Crippen molar-refractivity contribution in [3.8, 4) is 0 Å². The Bertz CT molecular complexity index is 152. The zero-order valence-corrected chi connectivity index (χ0v) is 8.16. The summed E-state index contributed by atoms with van der Waals surface area (Å²) in [5, 5.41) is 0. The molecule has 1 saturated heterocycles. The summed E-state index contributed by atoms with van der Waals surface area (Å²) < 4.78 is 0. The molecule has 2 N–H and O–H groups in total.